The van der Waals surface area contributed by atoms with Crippen molar-refractivity contribution in [3.05, 3.63) is 47.0 Å². The van der Waals surface area contributed by atoms with Crippen molar-refractivity contribution >= 4 is 26.6 Å². The van der Waals surface area contributed by atoms with Crippen molar-refractivity contribution in [2.75, 3.05) is 13.1 Å². The number of carbonyl (C=O) groups excluding carboxylic acids is 1. The summed E-state index contributed by atoms with van der Waals surface area (Å²) in [5.41, 5.74) is 3.40. The Kier molecular flexibility index (Phi) is 6.64. The maximum absolute atomic E-state index is 13.1. The van der Waals surface area contributed by atoms with E-state index in [1.807, 2.05) is 37.1 Å². The smallest absolute Gasteiger partial charge is 0.225 e. The molecule has 0 unspecified atom stereocenters. The van der Waals surface area contributed by atoms with Gasteiger partial charge in [-0.15, -0.1) is 0 Å². The number of carbonyl (C=O) groups is 1. The molecule has 3 aromatic rings. The summed E-state index contributed by atoms with van der Waals surface area (Å²) in [6.45, 7) is 13.1. The van der Waals surface area contributed by atoms with Crippen molar-refractivity contribution in [3.8, 4) is 0 Å². The van der Waals surface area contributed by atoms with Crippen molar-refractivity contribution in [2.24, 2.45) is 18.4 Å². The summed E-state index contributed by atoms with van der Waals surface area (Å²) >= 11 is 0. The van der Waals surface area contributed by atoms with Crippen LogP contribution in [-0.4, -0.2) is 42.0 Å². The van der Waals surface area contributed by atoms with E-state index in [0.29, 0.717) is 17.4 Å². The quantitative estimate of drug-likeness (QED) is 0.485. The van der Waals surface area contributed by atoms with Gasteiger partial charge in [-0.2, -0.15) is 0 Å². The van der Waals surface area contributed by atoms with Crippen molar-refractivity contribution in [1.82, 2.24) is 14.6 Å². The average Bonchev–Trinajstić information content (AvgIpc) is 3.30. The molecule has 1 atom stereocenters. The fourth-order valence-electron chi connectivity index (χ4n) is 5.15. The standard InChI is InChI=1S/C27H37N3O4S/c1-17(27(4,5)6)26(31)30-12-10-21(11-13-30)23-15-29(7)24-9-8-20(14-22(23)24)16-35(32,33)25-18(2)28-34-19(25)3/h8-9,14-15,17,21H,10-13,16H2,1-7H3/t17-/m0/s1. The minimum atomic E-state index is -3.58. The Morgan fingerprint density at radius 1 is 1.20 bits per heavy atom. The number of aromatic nitrogens is 2. The van der Waals surface area contributed by atoms with E-state index < -0.39 is 9.84 Å². The number of hydrogen-bond donors (Lipinski definition) is 0. The fourth-order valence-corrected chi connectivity index (χ4v) is 6.88. The van der Waals surface area contributed by atoms with Gasteiger partial charge in [0.25, 0.3) is 0 Å². The van der Waals surface area contributed by atoms with Crippen LogP contribution in [0.5, 0.6) is 0 Å². The highest BCUT2D eigenvalue weighted by molar-refractivity contribution is 7.90. The van der Waals surface area contributed by atoms with Crippen LogP contribution in [0.1, 0.15) is 69.0 Å². The number of fused-ring (bicyclic) bond motifs is 1. The zero-order valence-corrected chi connectivity index (χ0v) is 22.7. The molecule has 0 aliphatic carbocycles. The third-order valence-electron chi connectivity index (χ3n) is 7.64. The predicted molar refractivity (Wildman–Crippen MR) is 137 cm³/mol. The third-order valence-corrected chi connectivity index (χ3v) is 9.55. The summed E-state index contributed by atoms with van der Waals surface area (Å²) in [5, 5.41) is 4.90. The first-order valence-corrected chi connectivity index (χ1v) is 14.0. The van der Waals surface area contributed by atoms with Crippen LogP contribution in [0.15, 0.2) is 33.8 Å². The molecular weight excluding hydrogens is 462 g/mol. The zero-order valence-electron chi connectivity index (χ0n) is 21.9. The molecule has 1 fully saturated rings. The fraction of sp³-hybridized carbons (Fsp3) is 0.556. The summed E-state index contributed by atoms with van der Waals surface area (Å²) in [7, 11) is -1.55. The third kappa shape index (κ3) is 4.90. The molecule has 0 radical (unpaired) electrons. The van der Waals surface area contributed by atoms with Crippen LogP contribution in [0.25, 0.3) is 10.9 Å². The minimum Gasteiger partial charge on any atom is -0.360 e. The maximum atomic E-state index is 13.1. The van der Waals surface area contributed by atoms with Crippen LogP contribution in [-0.2, 0) is 27.4 Å². The summed E-state index contributed by atoms with van der Waals surface area (Å²) in [6, 6.07) is 5.90. The van der Waals surface area contributed by atoms with Gasteiger partial charge < -0.3 is 14.0 Å². The molecule has 1 aromatic carbocycles. The minimum absolute atomic E-state index is 0.0150. The Balaban J connectivity index is 1.56. The highest BCUT2D eigenvalue weighted by Crippen LogP contribution is 2.36. The second kappa shape index (κ2) is 9.12. The highest BCUT2D eigenvalue weighted by atomic mass is 32.2. The average molecular weight is 500 g/mol. The summed E-state index contributed by atoms with van der Waals surface area (Å²) in [6.07, 6.45) is 3.98. The molecule has 0 bridgehead atoms. The molecule has 35 heavy (non-hydrogen) atoms. The van der Waals surface area contributed by atoms with Gasteiger partial charge in [-0.1, -0.05) is 38.9 Å². The normalized spacial score (nSPS) is 16.7. The van der Waals surface area contributed by atoms with Gasteiger partial charge in [-0.25, -0.2) is 8.42 Å². The molecule has 0 saturated carbocycles. The Bertz CT molecular complexity index is 1330. The molecular formula is C27H37N3O4S. The van der Waals surface area contributed by atoms with E-state index in [4.69, 9.17) is 4.52 Å². The molecule has 0 spiro atoms. The lowest BCUT2D eigenvalue weighted by Crippen LogP contribution is -2.43. The number of hydrogen-bond acceptors (Lipinski definition) is 5. The second-order valence-electron chi connectivity index (χ2n) is 11.1. The maximum Gasteiger partial charge on any atom is 0.225 e. The van der Waals surface area contributed by atoms with Crippen molar-refractivity contribution in [1.29, 1.82) is 0 Å². The molecule has 8 heteroatoms. The molecule has 7 nitrogen and oxygen atoms in total. The van der Waals surface area contributed by atoms with Crippen LogP contribution >= 0.6 is 0 Å². The van der Waals surface area contributed by atoms with Gasteiger partial charge in [0.05, 0.1) is 11.4 Å². The number of sulfone groups is 1. The van der Waals surface area contributed by atoms with E-state index in [0.717, 1.165) is 42.4 Å². The summed E-state index contributed by atoms with van der Waals surface area (Å²) < 4.78 is 33.4. The summed E-state index contributed by atoms with van der Waals surface area (Å²) in [4.78, 5) is 15.2. The molecule has 3 heterocycles. The Morgan fingerprint density at radius 3 is 2.43 bits per heavy atom. The summed E-state index contributed by atoms with van der Waals surface area (Å²) in [5.74, 6) is 0.783. The van der Waals surface area contributed by atoms with Crippen molar-refractivity contribution in [3.63, 3.8) is 0 Å². The van der Waals surface area contributed by atoms with Gasteiger partial charge in [-0.05, 0) is 61.3 Å². The second-order valence-corrected chi connectivity index (χ2v) is 13.1. The first kappa shape index (κ1) is 25.5. The molecule has 0 N–H and O–H groups in total. The number of amides is 1. The number of rotatable bonds is 5. The lowest BCUT2D eigenvalue weighted by Gasteiger charge is -2.36. The number of piperidine rings is 1. The Labute approximate surface area is 208 Å². The molecule has 190 valence electrons. The van der Waals surface area contributed by atoms with Crippen LogP contribution in [0.4, 0.5) is 0 Å². The van der Waals surface area contributed by atoms with E-state index in [1.54, 1.807) is 13.8 Å². The van der Waals surface area contributed by atoms with Gasteiger partial charge in [0.1, 0.15) is 4.90 Å². The molecule has 1 aliphatic heterocycles. The topological polar surface area (TPSA) is 85.4 Å². The highest BCUT2D eigenvalue weighted by Gasteiger charge is 2.33. The number of nitrogens with zero attached hydrogens (tertiary/aromatic N) is 3. The lowest BCUT2D eigenvalue weighted by atomic mass is 9.80. The van der Waals surface area contributed by atoms with E-state index in [9.17, 15) is 13.2 Å². The van der Waals surface area contributed by atoms with Gasteiger partial charge in [0.2, 0.25) is 5.91 Å². The molecule has 2 aromatic heterocycles. The van der Waals surface area contributed by atoms with Crippen LogP contribution in [0.3, 0.4) is 0 Å². The van der Waals surface area contributed by atoms with E-state index in [-0.39, 0.29) is 27.9 Å². The molecule has 1 amide bonds. The van der Waals surface area contributed by atoms with Crippen molar-refractivity contribution < 1.29 is 17.7 Å². The van der Waals surface area contributed by atoms with Crippen molar-refractivity contribution in [2.45, 2.75) is 71.0 Å². The largest absolute Gasteiger partial charge is 0.360 e. The first-order valence-electron chi connectivity index (χ1n) is 12.3. The SMILES string of the molecule is Cc1noc(C)c1S(=O)(=O)Cc1ccc2c(c1)c(C1CCN(C(=O)[C@H](C)C(C)(C)C)CC1)cn2C. The van der Waals surface area contributed by atoms with E-state index in [2.05, 4.69) is 36.7 Å². The van der Waals surface area contributed by atoms with Gasteiger partial charge in [0, 0.05) is 43.2 Å². The zero-order chi connectivity index (χ0) is 25.7. The number of aryl methyl sites for hydroxylation is 3. The number of likely N-dealkylation sites (tertiary alicyclic amines) is 1. The lowest BCUT2D eigenvalue weighted by molar-refractivity contribution is -0.139. The molecule has 1 aliphatic rings. The molecule has 4 rings (SSSR count). The molecule has 1 saturated heterocycles. The van der Waals surface area contributed by atoms with Crippen LogP contribution in [0, 0.1) is 25.2 Å². The number of benzene rings is 1. The Hall–Kier alpha value is -2.61. The monoisotopic (exact) mass is 499 g/mol. The van der Waals surface area contributed by atoms with Gasteiger partial charge in [0.15, 0.2) is 15.6 Å². The van der Waals surface area contributed by atoms with E-state index in [1.165, 1.54) is 5.56 Å². The van der Waals surface area contributed by atoms with E-state index >= 15 is 0 Å². The predicted octanol–water partition coefficient (Wildman–Crippen LogP) is 5.15. The van der Waals surface area contributed by atoms with Gasteiger partial charge in [-0.3, -0.25) is 4.79 Å². The Morgan fingerprint density at radius 2 is 1.86 bits per heavy atom. The van der Waals surface area contributed by atoms with Crippen LogP contribution < -0.4 is 0 Å². The van der Waals surface area contributed by atoms with Crippen LogP contribution in [0.2, 0.25) is 0 Å². The first-order chi connectivity index (χ1) is 16.3. The van der Waals surface area contributed by atoms with Gasteiger partial charge >= 0.3 is 0 Å².